The van der Waals surface area contributed by atoms with Gasteiger partial charge in [-0.3, -0.25) is 0 Å². The first kappa shape index (κ1) is 10.4. The molecule has 3 N–H and O–H groups in total. The van der Waals surface area contributed by atoms with Crippen LogP contribution in [0.3, 0.4) is 0 Å². The second-order valence-corrected chi connectivity index (χ2v) is 3.70. The average molecular weight is 209 g/mol. The molecule has 0 bridgehead atoms. The second kappa shape index (κ2) is 4.61. The molecule has 1 aromatic carbocycles. The lowest BCUT2D eigenvalue weighted by Crippen LogP contribution is -2.44. The lowest BCUT2D eigenvalue weighted by Gasteiger charge is -2.31. The minimum absolute atomic E-state index is 0.172. The Morgan fingerprint density at radius 2 is 1.87 bits per heavy atom. The van der Waals surface area contributed by atoms with E-state index in [1.165, 1.54) is 0 Å². The van der Waals surface area contributed by atoms with Crippen molar-refractivity contribution in [3.63, 3.8) is 0 Å². The van der Waals surface area contributed by atoms with E-state index >= 15 is 0 Å². The fourth-order valence-electron chi connectivity index (χ4n) is 1.59. The van der Waals surface area contributed by atoms with Crippen LogP contribution in [-0.4, -0.2) is 35.3 Å². The summed E-state index contributed by atoms with van der Waals surface area (Å²) in [5.74, 6) is 0. The quantitative estimate of drug-likeness (QED) is 0.666. The van der Waals surface area contributed by atoms with Crippen LogP contribution in [0.4, 0.5) is 5.69 Å². The number of aliphatic hydroxyl groups excluding tert-OH is 2. The van der Waals surface area contributed by atoms with Gasteiger partial charge in [-0.05, 0) is 12.1 Å². The molecule has 1 heterocycles. The summed E-state index contributed by atoms with van der Waals surface area (Å²) in [5.41, 5.74) is 0.950. The Kier molecular flexibility index (Phi) is 3.20. The molecule has 4 nitrogen and oxygen atoms in total. The molecule has 1 aromatic rings. The van der Waals surface area contributed by atoms with Gasteiger partial charge in [-0.2, -0.15) is 0 Å². The number of rotatable bonds is 2. The van der Waals surface area contributed by atoms with Gasteiger partial charge in [0.05, 0.1) is 12.7 Å². The van der Waals surface area contributed by atoms with Gasteiger partial charge < -0.3 is 20.3 Å². The van der Waals surface area contributed by atoms with E-state index in [-0.39, 0.29) is 12.8 Å². The molecule has 1 saturated heterocycles. The maximum absolute atomic E-state index is 9.46. The van der Waals surface area contributed by atoms with Crippen molar-refractivity contribution in [1.29, 1.82) is 0 Å². The molecule has 1 fully saturated rings. The summed E-state index contributed by atoms with van der Waals surface area (Å²) in [5, 5.41) is 21.9. The Hall–Kier alpha value is -1.10. The summed E-state index contributed by atoms with van der Waals surface area (Å²) >= 11 is 0. The highest BCUT2D eigenvalue weighted by molar-refractivity contribution is 5.42. The average Bonchev–Trinajstić information content (AvgIpc) is 2.25. The second-order valence-electron chi connectivity index (χ2n) is 3.70. The van der Waals surface area contributed by atoms with Gasteiger partial charge in [-0.15, -0.1) is 0 Å². The molecule has 0 spiro atoms. The van der Waals surface area contributed by atoms with E-state index in [0.717, 1.165) is 5.69 Å². The van der Waals surface area contributed by atoms with Crippen LogP contribution in [0.1, 0.15) is 6.42 Å². The Labute approximate surface area is 88.5 Å². The number of aliphatic hydroxyl groups is 2. The maximum atomic E-state index is 9.46. The molecule has 3 atom stereocenters. The largest absolute Gasteiger partial charge is 0.390 e. The van der Waals surface area contributed by atoms with Crippen molar-refractivity contribution in [1.82, 2.24) is 0 Å². The maximum Gasteiger partial charge on any atom is 0.130 e. The molecule has 0 aliphatic carbocycles. The fraction of sp³-hybridized carbons (Fsp3) is 0.455. The Balaban J connectivity index is 1.91. The van der Waals surface area contributed by atoms with Gasteiger partial charge in [0.15, 0.2) is 0 Å². The number of para-hydroxylation sites is 1. The Morgan fingerprint density at radius 1 is 1.13 bits per heavy atom. The van der Waals surface area contributed by atoms with Crippen LogP contribution in [0.25, 0.3) is 0 Å². The first-order valence-electron chi connectivity index (χ1n) is 5.05. The van der Waals surface area contributed by atoms with Crippen LogP contribution >= 0.6 is 0 Å². The standard InChI is InChI=1S/C11H15NO3/c13-9-6-11(15-7-10(9)14)12-8-4-2-1-3-5-8/h1-5,9-14H,6-7H2. The Morgan fingerprint density at radius 3 is 2.53 bits per heavy atom. The normalized spacial score (nSPS) is 31.2. The summed E-state index contributed by atoms with van der Waals surface area (Å²) in [6, 6.07) is 9.65. The third-order valence-electron chi connectivity index (χ3n) is 2.47. The summed E-state index contributed by atoms with van der Waals surface area (Å²) in [6.45, 7) is 0.172. The molecular formula is C11H15NO3. The van der Waals surface area contributed by atoms with Crippen molar-refractivity contribution in [2.24, 2.45) is 0 Å². The smallest absolute Gasteiger partial charge is 0.130 e. The molecule has 1 aliphatic rings. The van der Waals surface area contributed by atoms with Crippen molar-refractivity contribution in [2.45, 2.75) is 24.9 Å². The molecule has 0 aromatic heterocycles. The highest BCUT2D eigenvalue weighted by Crippen LogP contribution is 2.17. The predicted octanol–water partition coefficient (Wildman–Crippen LogP) is 0.567. The third kappa shape index (κ3) is 2.68. The summed E-state index contributed by atoms with van der Waals surface area (Å²) in [6.07, 6.45) is -1.31. The van der Waals surface area contributed by atoms with Crippen LogP contribution in [0.2, 0.25) is 0 Å². The van der Waals surface area contributed by atoms with Crippen LogP contribution < -0.4 is 5.32 Å². The van der Waals surface area contributed by atoms with Crippen molar-refractivity contribution in [3.05, 3.63) is 30.3 Å². The number of benzene rings is 1. The molecular weight excluding hydrogens is 194 g/mol. The molecule has 1 aliphatic heterocycles. The summed E-state index contributed by atoms with van der Waals surface area (Å²) < 4.78 is 5.34. The minimum atomic E-state index is -0.765. The third-order valence-corrected chi connectivity index (χ3v) is 2.47. The summed E-state index contributed by atoms with van der Waals surface area (Å²) in [7, 11) is 0. The first-order chi connectivity index (χ1) is 7.25. The zero-order valence-corrected chi connectivity index (χ0v) is 8.34. The monoisotopic (exact) mass is 209 g/mol. The minimum Gasteiger partial charge on any atom is -0.390 e. The van der Waals surface area contributed by atoms with Gasteiger partial charge in [0.25, 0.3) is 0 Å². The molecule has 2 rings (SSSR count). The first-order valence-corrected chi connectivity index (χ1v) is 5.05. The van der Waals surface area contributed by atoms with E-state index in [4.69, 9.17) is 4.74 Å². The zero-order chi connectivity index (χ0) is 10.7. The van der Waals surface area contributed by atoms with Crippen LogP contribution in [-0.2, 0) is 4.74 Å². The Bertz CT molecular complexity index is 304. The molecule has 3 unspecified atom stereocenters. The van der Waals surface area contributed by atoms with Crippen LogP contribution in [0, 0.1) is 0 Å². The van der Waals surface area contributed by atoms with Gasteiger partial charge in [0, 0.05) is 12.1 Å². The van der Waals surface area contributed by atoms with Crippen molar-refractivity contribution < 1.29 is 14.9 Å². The molecule has 0 saturated carbocycles. The van der Waals surface area contributed by atoms with E-state index in [0.29, 0.717) is 6.42 Å². The topological polar surface area (TPSA) is 61.7 Å². The number of nitrogens with one attached hydrogen (secondary N) is 1. The van der Waals surface area contributed by atoms with Gasteiger partial charge in [0.2, 0.25) is 0 Å². The number of hydrogen-bond acceptors (Lipinski definition) is 4. The van der Waals surface area contributed by atoms with Crippen molar-refractivity contribution in [3.8, 4) is 0 Å². The van der Waals surface area contributed by atoms with Gasteiger partial charge in [-0.25, -0.2) is 0 Å². The summed E-state index contributed by atoms with van der Waals surface area (Å²) in [4.78, 5) is 0. The van der Waals surface area contributed by atoms with Gasteiger partial charge in [0.1, 0.15) is 12.3 Å². The van der Waals surface area contributed by atoms with Crippen molar-refractivity contribution >= 4 is 5.69 Å². The predicted molar refractivity (Wildman–Crippen MR) is 56.4 cm³/mol. The highest BCUT2D eigenvalue weighted by Gasteiger charge is 2.27. The molecule has 0 radical (unpaired) electrons. The van der Waals surface area contributed by atoms with E-state index in [2.05, 4.69) is 5.32 Å². The molecule has 15 heavy (non-hydrogen) atoms. The lowest BCUT2D eigenvalue weighted by atomic mass is 10.1. The zero-order valence-electron chi connectivity index (χ0n) is 8.34. The van der Waals surface area contributed by atoms with Crippen LogP contribution in [0.5, 0.6) is 0 Å². The number of ether oxygens (including phenoxy) is 1. The van der Waals surface area contributed by atoms with E-state index < -0.39 is 12.2 Å². The number of hydrogen-bond donors (Lipinski definition) is 3. The van der Waals surface area contributed by atoms with Crippen LogP contribution in [0.15, 0.2) is 30.3 Å². The fourth-order valence-corrected chi connectivity index (χ4v) is 1.59. The van der Waals surface area contributed by atoms with Crippen molar-refractivity contribution in [2.75, 3.05) is 11.9 Å². The van der Waals surface area contributed by atoms with Gasteiger partial charge in [-0.1, -0.05) is 18.2 Å². The molecule has 82 valence electrons. The highest BCUT2D eigenvalue weighted by atomic mass is 16.5. The SMILES string of the molecule is OC1COC(Nc2ccccc2)CC1O. The number of anilines is 1. The molecule has 0 amide bonds. The van der Waals surface area contributed by atoms with E-state index in [9.17, 15) is 10.2 Å². The molecule has 4 heteroatoms. The lowest BCUT2D eigenvalue weighted by molar-refractivity contribution is -0.112. The van der Waals surface area contributed by atoms with E-state index in [1.54, 1.807) is 0 Å². The van der Waals surface area contributed by atoms with E-state index in [1.807, 2.05) is 30.3 Å². The van der Waals surface area contributed by atoms with Gasteiger partial charge >= 0.3 is 0 Å².